The van der Waals surface area contributed by atoms with Crippen LogP contribution in [0.1, 0.15) is 25.7 Å². The van der Waals surface area contributed by atoms with Gasteiger partial charge >= 0.3 is 6.18 Å². The van der Waals surface area contributed by atoms with Crippen molar-refractivity contribution in [1.29, 1.82) is 0 Å². The van der Waals surface area contributed by atoms with Gasteiger partial charge in [-0.15, -0.1) is 5.10 Å². The Morgan fingerprint density at radius 3 is 2.58 bits per heavy atom. The number of nitrogens with one attached hydrogen (secondary N) is 1. The molecule has 1 aliphatic rings. The van der Waals surface area contributed by atoms with Gasteiger partial charge in [-0.3, -0.25) is 4.90 Å². The second kappa shape index (κ2) is 7.27. The molecule has 132 valence electrons. The molecule has 1 atom stereocenters. The van der Waals surface area contributed by atoms with E-state index in [-0.39, 0.29) is 7.43 Å². The largest absolute Gasteiger partial charge is 0.416 e. The van der Waals surface area contributed by atoms with E-state index in [2.05, 4.69) is 32.7 Å². The van der Waals surface area contributed by atoms with E-state index >= 15 is 0 Å². The normalized spacial score (nSPS) is 19.1. The van der Waals surface area contributed by atoms with Gasteiger partial charge in [0.2, 0.25) is 0 Å². The fourth-order valence-corrected chi connectivity index (χ4v) is 2.65. The molecule has 0 saturated carbocycles. The number of piperazine rings is 1. The molecule has 6 nitrogen and oxygen atoms in total. The predicted octanol–water partition coefficient (Wildman–Crippen LogP) is 2.11. The van der Waals surface area contributed by atoms with Crippen molar-refractivity contribution < 1.29 is 13.2 Å². The van der Waals surface area contributed by atoms with E-state index in [1.54, 1.807) is 0 Å². The van der Waals surface area contributed by atoms with Crippen LogP contribution in [0.2, 0.25) is 0 Å². The van der Waals surface area contributed by atoms with Crippen LogP contribution in [0.4, 0.5) is 13.2 Å². The summed E-state index contributed by atoms with van der Waals surface area (Å²) in [5.41, 5.74) is -0.173. The quantitative estimate of drug-likeness (QED) is 0.926. The van der Waals surface area contributed by atoms with E-state index in [9.17, 15) is 13.2 Å². The van der Waals surface area contributed by atoms with Crippen LogP contribution in [0.25, 0.3) is 5.69 Å². The first kappa shape index (κ1) is 18.3. The van der Waals surface area contributed by atoms with Gasteiger partial charge < -0.3 is 5.32 Å². The van der Waals surface area contributed by atoms with Gasteiger partial charge in [0.15, 0.2) is 5.82 Å². The average Bonchev–Trinajstić information content (AvgIpc) is 2.94. The lowest BCUT2D eigenvalue weighted by Gasteiger charge is -2.31. The zero-order valence-corrected chi connectivity index (χ0v) is 12.6. The zero-order valence-electron chi connectivity index (χ0n) is 12.6. The molecule has 9 heteroatoms. The first-order chi connectivity index (χ1) is 10.9. The summed E-state index contributed by atoms with van der Waals surface area (Å²) in [6.45, 7) is 5.30. The van der Waals surface area contributed by atoms with Crippen molar-refractivity contribution in [2.24, 2.45) is 0 Å². The van der Waals surface area contributed by atoms with E-state index in [1.165, 1.54) is 16.8 Å². The molecule has 0 aliphatic carbocycles. The number of tetrazole rings is 1. The molecule has 2 aromatic rings. The Balaban J connectivity index is 0.00000208. The van der Waals surface area contributed by atoms with E-state index in [1.807, 2.05) is 0 Å². The number of hydrogen-bond donors (Lipinski definition) is 1. The number of aromatic nitrogens is 4. The molecule has 0 spiro atoms. The second-order valence-corrected chi connectivity index (χ2v) is 5.64. The van der Waals surface area contributed by atoms with E-state index in [0.717, 1.165) is 31.8 Å². The summed E-state index contributed by atoms with van der Waals surface area (Å²) < 4.78 is 39.4. The number of halogens is 3. The predicted molar refractivity (Wildman–Crippen MR) is 83.6 cm³/mol. The maximum Gasteiger partial charge on any atom is 0.416 e. The Bertz CT molecular complexity index is 652. The zero-order chi connectivity index (χ0) is 16.4. The van der Waals surface area contributed by atoms with E-state index in [4.69, 9.17) is 0 Å². The SMILES string of the molecule is C.CC1CN(Cc2nnnn2-c2ccc(C(F)(F)F)cc2)CCN1. The van der Waals surface area contributed by atoms with Crippen LogP contribution in [0.5, 0.6) is 0 Å². The summed E-state index contributed by atoms with van der Waals surface area (Å²) >= 11 is 0. The summed E-state index contributed by atoms with van der Waals surface area (Å²) in [7, 11) is 0. The van der Waals surface area contributed by atoms with Crippen molar-refractivity contribution in [2.75, 3.05) is 19.6 Å². The maximum absolute atomic E-state index is 12.6. The molecule has 1 aromatic carbocycles. The van der Waals surface area contributed by atoms with Crippen molar-refractivity contribution in [3.8, 4) is 5.69 Å². The Morgan fingerprint density at radius 2 is 1.96 bits per heavy atom. The first-order valence-electron chi connectivity index (χ1n) is 7.34. The third kappa shape index (κ3) is 4.09. The van der Waals surface area contributed by atoms with Crippen LogP contribution in [-0.2, 0) is 12.7 Å². The summed E-state index contributed by atoms with van der Waals surface area (Å²) in [6.07, 6.45) is -4.35. The highest BCUT2D eigenvalue weighted by Crippen LogP contribution is 2.29. The Kier molecular flexibility index (Phi) is 5.55. The Hall–Kier alpha value is -2.00. The van der Waals surface area contributed by atoms with Crippen molar-refractivity contribution in [2.45, 2.75) is 33.1 Å². The molecular weight excluding hydrogens is 321 g/mol. The molecule has 2 heterocycles. The average molecular weight is 342 g/mol. The number of hydrogen-bond acceptors (Lipinski definition) is 5. The van der Waals surface area contributed by atoms with Crippen LogP contribution in [0.3, 0.4) is 0 Å². The minimum absolute atomic E-state index is 0. The van der Waals surface area contributed by atoms with Gasteiger partial charge in [0.1, 0.15) is 0 Å². The van der Waals surface area contributed by atoms with Gasteiger partial charge in [0, 0.05) is 25.7 Å². The highest BCUT2D eigenvalue weighted by atomic mass is 19.4. The molecule has 1 unspecified atom stereocenters. The van der Waals surface area contributed by atoms with Crippen molar-refractivity contribution in [1.82, 2.24) is 30.4 Å². The summed E-state index contributed by atoms with van der Waals surface area (Å²) in [4.78, 5) is 2.22. The molecule has 3 rings (SSSR count). The minimum atomic E-state index is -4.35. The van der Waals surface area contributed by atoms with Crippen molar-refractivity contribution >= 4 is 0 Å². The molecule has 1 saturated heterocycles. The van der Waals surface area contributed by atoms with Gasteiger partial charge in [0.05, 0.1) is 17.8 Å². The van der Waals surface area contributed by atoms with Crippen LogP contribution in [0.15, 0.2) is 24.3 Å². The Labute approximate surface area is 138 Å². The second-order valence-electron chi connectivity index (χ2n) is 5.64. The lowest BCUT2D eigenvalue weighted by molar-refractivity contribution is -0.137. The number of alkyl halides is 3. The third-order valence-electron chi connectivity index (χ3n) is 3.79. The highest BCUT2D eigenvalue weighted by molar-refractivity contribution is 5.35. The van der Waals surface area contributed by atoms with E-state index < -0.39 is 11.7 Å². The van der Waals surface area contributed by atoms with Crippen LogP contribution in [-0.4, -0.2) is 50.8 Å². The molecule has 1 N–H and O–H groups in total. The fourth-order valence-electron chi connectivity index (χ4n) is 2.65. The fraction of sp³-hybridized carbons (Fsp3) is 0.533. The molecule has 1 aliphatic heterocycles. The molecule has 1 fully saturated rings. The first-order valence-corrected chi connectivity index (χ1v) is 7.34. The lowest BCUT2D eigenvalue weighted by Crippen LogP contribution is -2.48. The van der Waals surface area contributed by atoms with Crippen LogP contribution >= 0.6 is 0 Å². The van der Waals surface area contributed by atoms with Crippen LogP contribution in [0, 0.1) is 0 Å². The number of nitrogens with zero attached hydrogens (tertiary/aromatic N) is 5. The Morgan fingerprint density at radius 1 is 1.25 bits per heavy atom. The smallest absolute Gasteiger partial charge is 0.312 e. The standard InChI is InChI=1S/C14H17F3N6.CH4/c1-10-8-22(7-6-18-10)9-13-19-20-21-23(13)12-4-2-11(3-5-12)14(15,16)17;/h2-5,10,18H,6-9H2,1H3;1H4. The third-order valence-corrected chi connectivity index (χ3v) is 3.79. The van der Waals surface area contributed by atoms with E-state index in [0.29, 0.717) is 24.1 Å². The summed E-state index contributed by atoms with van der Waals surface area (Å²) in [6, 6.07) is 5.21. The van der Waals surface area contributed by atoms with Gasteiger partial charge in [-0.2, -0.15) is 17.9 Å². The molecule has 0 radical (unpaired) electrons. The lowest BCUT2D eigenvalue weighted by atomic mass is 10.2. The molecule has 24 heavy (non-hydrogen) atoms. The topological polar surface area (TPSA) is 58.9 Å². The van der Waals surface area contributed by atoms with Crippen LogP contribution < -0.4 is 5.32 Å². The van der Waals surface area contributed by atoms with Gasteiger partial charge in [-0.1, -0.05) is 7.43 Å². The van der Waals surface area contributed by atoms with Crippen molar-refractivity contribution in [3.05, 3.63) is 35.7 Å². The maximum atomic E-state index is 12.6. The monoisotopic (exact) mass is 342 g/mol. The summed E-state index contributed by atoms with van der Waals surface area (Å²) in [5.74, 6) is 0.610. The molecule has 0 amide bonds. The number of benzene rings is 1. The van der Waals surface area contributed by atoms with Crippen molar-refractivity contribution in [3.63, 3.8) is 0 Å². The van der Waals surface area contributed by atoms with Gasteiger partial charge in [0.25, 0.3) is 0 Å². The summed E-state index contributed by atoms with van der Waals surface area (Å²) in [5, 5.41) is 14.9. The minimum Gasteiger partial charge on any atom is -0.312 e. The van der Waals surface area contributed by atoms with Gasteiger partial charge in [-0.05, 0) is 41.6 Å². The van der Waals surface area contributed by atoms with Gasteiger partial charge in [-0.25, -0.2) is 0 Å². The molecule has 1 aromatic heterocycles. The highest BCUT2D eigenvalue weighted by Gasteiger charge is 2.30. The number of rotatable bonds is 3. The molecular formula is C15H21F3N6. The molecule has 0 bridgehead atoms.